The zero-order valence-electron chi connectivity index (χ0n) is 23.7. The topological polar surface area (TPSA) is 92.9 Å². The fourth-order valence-corrected chi connectivity index (χ4v) is 6.57. The average Bonchev–Trinajstić information content (AvgIpc) is 3.69. The largest absolute Gasteiger partial charge is 0.460 e. The van der Waals surface area contributed by atoms with Crippen molar-refractivity contribution in [1.82, 2.24) is 10.2 Å². The minimum atomic E-state index is -0.415. The van der Waals surface area contributed by atoms with Gasteiger partial charge in [-0.05, 0) is 71.9 Å². The summed E-state index contributed by atoms with van der Waals surface area (Å²) in [5.74, 6) is -0.796. The molecule has 0 unspecified atom stereocenters. The SMILES string of the molecule is CO[C@@H]1[C@H](OC(=O)C[C@@H](C(=O)NCCN2CCCC2)C(C)C)CC[C@]2(CO2)[C@H]1[C@@]1(C)O[C@@H]1CC=C(C)C. The zero-order valence-corrected chi connectivity index (χ0v) is 23.7. The molecule has 0 radical (unpaired) electrons. The molecule has 0 aromatic carbocycles. The molecule has 1 N–H and O–H groups in total. The first-order chi connectivity index (χ1) is 17.6. The van der Waals surface area contributed by atoms with Crippen LogP contribution >= 0.6 is 0 Å². The summed E-state index contributed by atoms with van der Waals surface area (Å²) >= 11 is 0. The third kappa shape index (κ3) is 6.57. The van der Waals surface area contributed by atoms with Gasteiger partial charge in [-0.3, -0.25) is 9.59 Å². The van der Waals surface area contributed by atoms with Gasteiger partial charge < -0.3 is 29.2 Å². The van der Waals surface area contributed by atoms with Gasteiger partial charge in [0.15, 0.2) is 0 Å². The molecule has 1 aliphatic carbocycles. The number of methoxy groups -OCH3 is 1. The molecule has 0 aromatic rings. The summed E-state index contributed by atoms with van der Waals surface area (Å²) < 4.78 is 24.3. The molecule has 4 rings (SSSR count). The number of allylic oxidation sites excluding steroid dienone is 1. The van der Waals surface area contributed by atoms with Crippen molar-refractivity contribution >= 4 is 11.9 Å². The van der Waals surface area contributed by atoms with Gasteiger partial charge in [0.05, 0.1) is 31.0 Å². The van der Waals surface area contributed by atoms with E-state index in [0.717, 1.165) is 32.5 Å². The van der Waals surface area contributed by atoms with Crippen molar-refractivity contribution in [3.8, 4) is 0 Å². The Morgan fingerprint density at radius 1 is 1.22 bits per heavy atom. The zero-order chi connectivity index (χ0) is 26.8. The van der Waals surface area contributed by atoms with E-state index in [2.05, 4.69) is 37.1 Å². The Kier molecular flexibility index (Phi) is 9.04. The lowest BCUT2D eigenvalue weighted by Gasteiger charge is -2.42. The first kappa shape index (κ1) is 28.5. The lowest BCUT2D eigenvalue weighted by molar-refractivity contribution is -0.173. The van der Waals surface area contributed by atoms with Gasteiger partial charge in [0.1, 0.15) is 23.4 Å². The average molecular weight is 521 g/mol. The third-order valence-corrected chi connectivity index (χ3v) is 8.97. The smallest absolute Gasteiger partial charge is 0.306 e. The van der Waals surface area contributed by atoms with Crippen molar-refractivity contribution in [3.63, 3.8) is 0 Å². The highest BCUT2D eigenvalue weighted by molar-refractivity contribution is 5.84. The maximum atomic E-state index is 13.1. The summed E-state index contributed by atoms with van der Waals surface area (Å²) in [7, 11) is 1.68. The van der Waals surface area contributed by atoms with Gasteiger partial charge in [0.25, 0.3) is 0 Å². The van der Waals surface area contributed by atoms with Gasteiger partial charge in [-0.2, -0.15) is 0 Å². The molecule has 7 atom stereocenters. The highest BCUT2D eigenvalue weighted by Gasteiger charge is 2.72. The fourth-order valence-electron chi connectivity index (χ4n) is 6.57. The predicted octanol–water partition coefficient (Wildman–Crippen LogP) is 3.48. The number of hydrogen-bond donors (Lipinski definition) is 1. The number of amides is 1. The minimum absolute atomic E-state index is 0.0121. The first-order valence-corrected chi connectivity index (χ1v) is 14.3. The highest BCUT2D eigenvalue weighted by Crippen LogP contribution is 2.59. The highest BCUT2D eigenvalue weighted by atomic mass is 16.6. The number of nitrogens with one attached hydrogen (secondary N) is 1. The van der Waals surface area contributed by atoms with E-state index in [4.69, 9.17) is 18.9 Å². The number of carbonyl (C=O) groups excluding carboxylic acids is 2. The van der Waals surface area contributed by atoms with Gasteiger partial charge in [0.2, 0.25) is 5.91 Å². The van der Waals surface area contributed by atoms with E-state index in [-0.39, 0.29) is 59.6 Å². The molecule has 3 saturated heterocycles. The first-order valence-electron chi connectivity index (χ1n) is 14.3. The standard InChI is InChI=1S/C29H48N2O6/c1-19(2)9-10-23-28(5,37-23)26-25(34-6)22(11-12-29(26)18-35-29)36-24(32)17-21(20(3)4)27(33)30-13-16-31-14-7-8-15-31/h9,20-23,25-26H,7-8,10-18H2,1-6H3,(H,30,33)/t21-,22-,23-,25-,26-,28+,29+/m1/s1. The predicted molar refractivity (Wildman–Crippen MR) is 141 cm³/mol. The number of esters is 1. The van der Waals surface area contributed by atoms with E-state index in [1.54, 1.807) is 7.11 Å². The van der Waals surface area contributed by atoms with Crippen LogP contribution in [0.4, 0.5) is 0 Å². The molecule has 0 bridgehead atoms. The van der Waals surface area contributed by atoms with Crippen LogP contribution in [0.15, 0.2) is 11.6 Å². The van der Waals surface area contributed by atoms with E-state index in [1.807, 2.05) is 13.8 Å². The Hall–Kier alpha value is -1.48. The van der Waals surface area contributed by atoms with E-state index in [9.17, 15) is 9.59 Å². The molecular formula is C29H48N2O6. The molecule has 1 saturated carbocycles. The van der Waals surface area contributed by atoms with Crippen molar-refractivity contribution in [2.45, 2.75) is 103 Å². The molecular weight excluding hydrogens is 472 g/mol. The van der Waals surface area contributed by atoms with Gasteiger partial charge in [0, 0.05) is 20.2 Å². The van der Waals surface area contributed by atoms with Crippen molar-refractivity contribution in [2.75, 3.05) is 39.9 Å². The summed E-state index contributed by atoms with van der Waals surface area (Å²) in [6, 6.07) is 0. The van der Waals surface area contributed by atoms with Gasteiger partial charge in [-0.25, -0.2) is 0 Å². The normalized spacial score (nSPS) is 35.9. The van der Waals surface area contributed by atoms with Crippen molar-refractivity contribution in [2.24, 2.45) is 17.8 Å². The molecule has 1 spiro atoms. The number of carbonyl (C=O) groups is 2. The van der Waals surface area contributed by atoms with Crippen molar-refractivity contribution in [1.29, 1.82) is 0 Å². The second kappa shape index (κ2) is 11.7. The van der Waals surface area contributed by atoms with Crippen LogP contribution in [0.25, 0.3) is 0 Å². The number of nitrogens with zero attached hydrogens (tertiary/aromatic N) is 1. The van der Waals surface area contributed by atoms with E-state index < -0.39 is 5.92 Å². The Morgan fingerprint density at radius 3 is 2.51 bits per heavy atom. The maximum Gasteiger partial charge on any atom is 0.306 e. The van der Waals surface area contributed by atoms with Crippen LogP contribution in [-0.2, 0) is 28.5 Å². The molecule has 8 heteroatoms. The van der Waals surface area contributed by atoms with Gasteiger partial charge in [-0.15, -0.1) is 0 Å². The molecule has 8 nitrogen and oxygen atoms in total. The molecule has 210 valence electrons. The lowest BCUT2D eigenvalue weighted by Crippen LogP contribution is -2.55. The van der Waals surface area contributed by atoms with Crippen molar-refractivity contribution in [3.05, 3.63) is 11.6 Å². The molecule has 37 heavy (non-hydrogen) atoms. The number of rotatable bonds is 12. The third-order valence-electron chi connectivity index (χ3n) is 8.97. The second-order valence-electron chi connectivity index (χ2n) is 12.3. The van der Waals surface area contributed by atoms with Crippen LogP contribution in [0, 0.1) is 17.8 Å². The van der Waals surface area contributed by atoms with Gasteiger partial charge >= 0.3 is 5.97 Å². The Morgan fingerprint density at radius 2 is 1.92 bits per heavy atom. The fraction of sp³-hybridized carbons (Fsp3) is 0.862. The number of ether oxygens (including phenoxy) is 4. The molecule has 3 aliphatic heterocycles. The minimum Gasteiger partial charge on any atom is -0.460 e. The number of epoxide rings is 2. The second-order valence-corrected chi connectivity index (χ2v) is 12.3. The van der Waals surface area contributed by atoms with Crippen LogP contribution < -0.4 is 5.32 Å². The number of likely N-dealkylation sites (tertiary alicyclic amines) is 1. The van der Waals surface area contributed by atoms with Gasteiger partial charge in [-0.1, -0.05) is 25.5 Å². The summed E-state index contributed by atoms with van der Waals surface area (Å²) in [4.78, 5) is 28.4. The quantitative estimate of drug-likeness (QED) is 0.239. The van der Waals surface area contributed by atoms with Crippen LogP contribution in [0.2, 0.25) is 0 Å². The number of hydrogen-bond acceptors (Lipinski definition) is 7. The molecule has 4 aliphatic rings. The van der Waals surface area contributed by atoms with Crippen molar-refractivity contribution < 1.29 is 28.5 Å². The summed E-state index contributed by atoms with van der Waals surface area (Å²) in [5, 5.41) is 3.05. The van der Waals surface area contributed by atoms with Crippen LogP contribution in [0.3, 0.4) is 0 Å². The summed E-state index contributed by atoms with van der Waals surface area (Å²) in [5.41, 5.74) is 0.645. The molecule has 0 aromatic heterocycles. The monoisotopic (exact) mass is 520 g/mol. The summed E-state index contributed by atoms with van der Waals surface area (Å²) in [6.45, 7) is 14.7. The van der Waals surface area contributed by atoms with E-state index >= 15 is 0 Å². The molecule has 3 heterocycles. The van der Waals surface area contributed by atoms with Crippen LogP contribution in [0.1, 0.15) is 73.1 Å². The summed E-state index contributed by atoms with van der Waals surface area (Å²) in [6.07, 6.45) is 6.51. The molecule has 4 fully saturated rings. The lowest BCUT2D eigenvalue weighted by atomic mass is 9.68. The Balaban J connectivity index is 1.35. The van der Waals surface area contributed by atoms with Crippen LogP contribution in [-0.4, -0.2) is 86.2 Å². The van der Waals surface area contributed by atoms with E-state index in [0.29, 0.717) is 19.6 Å². The Labute approximate surface area is 222 Å². The molecule has 1 amide bonds. The van der Waals surface area contributed by atoms with E-state index in [1.165, 1.54) is 18.4 Å². The van der Waals surface area contributed by atoms with Crippen LogP contribution in [0.5, 0.6) is 0 Å². The maximum absolute atomic E-state index is 13.1. The Bertz CT molecular complexity index is 845.